The minimum absolute atomic E-state index is 0.0953. The molecule has 0 heterocycles. The van der Waals surface area contributed by atoms with Crippen molar-refractivity contribution in [2.24, 2.45) is 5.92 Å². The highest BCUT2D eigenvalue weighted by atomic mass is 127. The normalized spacial score (nSPS) is 12.5. The molecule has 1 rings (SSSR count). The van der Waals surface area contributed by atoms with Crippen LogP contribution in [0.3, 0.4) is 0 Å². The van der Waals surface area contributed by atoms with Gasteiger partial charge >= 0.3 is 0 Å². The van der Waals surface area contributed by atoms with Crippen molar-refractivity contribution in [2.75, 3.05) is 11.9 Å². The summed E-state index contributed by atoms with van der Waals surface area (Å²) in [5.41, 5.74) is -0.0922. The summed E-state index contributed by atoms with van der Waals surface area (Å²) in [5, 5.41) is 23.7. The van der Waals surface area contributed by atoms with Crippen molar-refractivity contribution in [3.8, 4) is 0 Å². The molecule has 1 aromatic carbocycles. The molecule has 1 aromatic rings. The van der Waals surface area contributed by atoms with Crippen LogP contribution in [0.4, 0.5) is 15.8 Å². The average Bonchev–Trinajstić information content (AvgIpc) is 2.40. The third-order valence-corrected chi connectivity index (χ3v) is 4.16. The number of nitro benzene ring substituents is 1. The highest BCUT2D eigenvalue weighted by molar-refractivity contribution is 14.1. The highest BCUT2D eigenvalue weighted by Gasteiger charge is 2.20. The quantitative estimate of drug-likeness (QED) is 0.420. The largest absolute Gasteiger partial charge is 0.391 e. The fourth-order valence-corrected chi connectivity index (χ4v) is 2.49. The minimum atomic E-state index is -0.619. The van der Waals surface area contributed by atoms with Crippen molar-refractivity contribution in [1.29, 1.82) is 0 Å². The fourth-order valence-electron chi connectivity index (χ4n) is 2.04. The van der Waals surface area contributed by atoms with Crippen LogP contribution in [-0.2, 0) is 0 Å². The summed E-state index contributed by atoms with van der Waals surface area (Å²) in [6, 6.07) is 2.28. The van der Waals surface area contributed by atoms with E-state index < -0.39 is 16.8 Å². The van der Waals surface area contributed by atoms with E-state index >= 15 is 0 Å². The van der Waals surface area contributed by atoms with Gasteiger partial charge < -0.3 is 10.4 Å². The number of hydrogen-bond acceptors (Lipinski definition) is 4. The van der Waals surface area contributed by atoms with Gasteiger partial charge in [-0.25, -0.2) is 4.39 Å². The maximum atomic E-state index is 13.5. The first kappa shape index (κ1) is 17.1. The Balaban J connectivity index is 2.87. The topological polar surface area (TPSA) is 75.4 Å². The van der Waals surface area contributed by atoms with E-state index in [1.165, 1.54) is 6.07 Å². The number of benzene rings is 1. The van der Waals surface area contributed by atoms with Gasteiger partial charge in [-0.3, -0.25) is 10.1 Å². The van der Waals surface area contributed by atoms with Crippen LogP contribution in [0, 0.1) is 25.4 Å². The van der Waals surface area contributed by atoms with E-state index in [0.717, 1.165) is 18.9 Å². The van der Waals surface area contributed by atoms with Gasteiger partial charge in [-0.05, 0) is 28.5 Å². The van der Waals surface area contributed by atoms with Crippen molar-refractivity contribution < 1.29 is 14.4 Å². The molecular formula is C13H18FIN2O3. The Morgan fingerprint density at radius 2 is 2.05 bits per heavy atom. The van der Waals surface area contributed by atoms with Crippen LogP contribution < -0.4 is 5.32 Å². The van der Waals surface area contributed by atoms with E-state index in [-0.39, 0.29) is 27.4 Å². The van der Waals surface area contributed by atoms with E-state index in [9.17, 15) is 19.6 Å². The predicted octanol–water partition coefficient (Wildman–Crippen LogP) is 3.55. The molecule has 1 unspecified atom stereocenters. The molecule has 2 N–H and O–H groups in total. The molecule has 20 heavy (non-hydrogen) atoms. The number of hydrogen-bond donors (Lipinski definition) is 2. The third-order valence-electron chi connectivity index (χ3n) is 3.33. The van der Waals surface area contributed by atoms with Crippen LogP contribution in [-0.4, -0.2) is 22.7 Å². The molecule has 0 spiro atoms. The standard InChI is InChI=1S/C13H18FIN2O3/c1-3-8(4-2)13(18)7-16-11-5-9(14)10(15)6-12(11)17(19)20/h5-6,8,13,16,18H,3-4,7H2,1-2H3. The van der Waals surface area contributed by atoms with Gasteiger partial charge in [0.05, 0.1) is 14.6 Å². The number of halogens is 2. The highest BCUT2D eigenvalue weighted by Crippen LogP contribution is 2.29. The molecule has 0 bridgehead atoms. The summed E-state index contributed by atoms with van der Waals surface area (Å²) < 4.78 is 13.7. The van der Waals surface area contributed by atoms with Crippen LogP contribution >= 0.6 is 22.6 Å². The monoisotopic (exact) mass is 396 g/mol. The summed E-state index contributed by atoms with van der Waals surface area (Å²) in [6.07, 6.45) is 1.03. The zero-order chi connectivity index (χ0) is 15.3. The average molecular weight is 396 g/mol. The van der Waals surface area contributed by atoms with Gasteiger partial charge in [0.1, 0.15) is 11.5 Å². The molecule has 7 heteroatoms. The third kappa shape index (κ3) is 4.27. The summed E-state index contributed by atoms with van der Waals surface area (Å²) in [5.74, 6) is -0.397. The van der Waals surface area contributed by atoms with Gasteiger partial charge in [0, 0.05) is 18.7 Å². The molecule has 0 aliphatic heterocycles. The minimum Gasteiger partial charge on any atom is -0.391 e. The fraction of sp³-hybridized carbons (Fsp3) is 0.538. The van der Waals surface area contributed by atoms with Crippen LogP contribution in [0.25, 0.3) is 0 Å². The van der Waals surface area contributed by atoms with Gasteiger partial charge in [-0.2, -0.15) is 0 Å². The molecule has 0 amide bonds. The molecule has 0 aliphatic carbocycles. The Bertz CT molecular complexity index is 481. The summed E-state index contributed by atoms with van der Waals surface area (Å²) >= 11 is 1.71. The van der Waals surface area contributed by atoms with Crippen molar-refractivity contribution in [1.82, 2.24) is 0 Å². The van der Waals surface area contributed by atoms with Crippen molar-refractivity contribution in [3.63, 3.8) is 0 Å². The molecule has 0 fully saturated rings. The number of aliphatic hydroxyl groups excluding tert-OH is 1. The number of aliphatic hydroxyl groups is 1. The van der Waals surface area contributed by atoms with Gasteiger partial charge in [0.2, 0.25) is 0 Å². The number of nitrogens with zero attached hydrogens (tertiary/aromatic N) is 1. The summed E-state index contributed by atoms with van der Waals surface area (Å²) in [4.78, 5) is 10.4. The van der Waals surface area contributed by atoms with Crippen molar-refractivity contribution in [2.45, 2.75) is 32.8 Å². The SMILES string of the molecule is CCC(CC)C(O)CNc1cc(F)c(I)cc1[N+](=O)[O-]. The lowest BCUT2D eigenvalue weighted by molar-refractivity contribution is -0.384. The van der Waals surface area contributed by atoms with Crippen LogP contribution in [0.15, 0.2) is 12.1 Å². The Hall–Kier alpha value is -0.960. The van der Waals surface area contributed by atoms with E-state index in [1.807, 2.05) is 13.8 Å². The Morgan fingerprint density at radius 1 is 1.45 bits per heavy atom. The zero-order valence-corrected chi connectivity index (χ0v) is 13.6. The lowest BCUT2D eigenvalue weighted by atomic mass is 9.96. The van der Waals surface area contributed by atoms with Gasteiger partial charge in [0.15, 0.2) is 0 Å². The number of rotatable bonds is 7. The lowest BCUT2D eigenvalue weighted by Crippen LogP contribution is -2.28. The lowest BCUT2D eigenvalue weighted by Gasteiger charge is -2.20. The van der Waals surface area contributed by atoms with E-state index in [1.54, 1.807) is 22.6 Å². The zero-order valence-electron chi connectivity index (χ0n) is 11.4. The second-order valence-corrected chi connectivity index (χ2v) is 5.73. The molecule has 5 nitrogen and oxygen atoms in total. The molecule has 0 aromatic heterocycles. The summed E-state index contributed by atoms with van der Waals surface area (Å²) in [7, 11) is 0. The van der Waals surface area contributed by atoms with Gasteiger partial charge in [0.25, 0.3) is 5.69 Å². The smallest absolute Gasteiger partial charge is 0.293 e. The first-order valence-electron chi connectivity index (χ1n) is 6.46. The Labute approximate surface area is 130 Å². The molecule has 0 saturated heterocycles. The first-order chi connectivity index (χ1) is 9.40. The van der Waals surface area contributed by atoms with Crippen LogP contribution in [0.1, 0.15) is 26.7 Å². The number of nitrogens with one attached hydrogen (secondary N) is 1. The van der Waals surface area contributed by atoms with Crippen LogP contribution in [0.2, 0.25) is 0 Å². The second kappa shape index (κ2) is 7.72. The van der Waals surface area contributed by atoms with Gasteiger partial charge in [-0.1, -0.05) is 26.7 Å². The van der Waals surface area contributed by atoms with Gasteiger partial charge in [-0.15, -0.1) is 0 Å². The maximum absolute atomic E-state index is 13.5. The molecule has 112 valence electrons. The molecule has 0 aliphatic rings. The second-order valence-electron chi connectivity index (χ2n) is 4.57. The molecule has 1 atom stereocenters. The molecule has 0 radical (unpaired) electrons. The Morgan fingerprint density at radius 3 is 2.55 bits per heavy atom. The number of anilines is 1. The molecular weight excluding hydrogens is 378 g/mol. The Kier molecular flexibility index (Phi) is 6.60. The predicted molar refractivity (Wildman–Crippen MR) is 84.3 cm³/mol. The van der Waals surface area contributed by atoms with E-state index in [4.69, 9.17) is 0 Å². The van der Waals surface area contributed by atoms with Crippen molar-refractivity contribution in [3.05, 3.63) is 31.6 Å². The van der Waals surface area contributed by atoms with Crippen molar-refractivity contribution >= 4 is 34.0 Å². The van der Waals surface area contributed by atoms with E-state index in [2.05, 4.69) is 5.32 Å². The van der Waals surface area contributed by atoms with E-state index in [0.29, 0.717) is 0 Å². The number of nitro groups is 1. The molecule has 0 saturated carbocycles. The summed E-state index contributed by atoms with van der Waals surface area (Å²) in [6.45, 7) is 4.11. The van der Waals surface area contributed by atoms with Crippen LogP contribution in [0.5, 0.6) is 0 Å². The maximum Gasteiger partial charge on any atom is 0.293 e. The first-order valence-corrected chi connectivity index (χ1v) is 7.53.